The number of hydrogen-bond acceptors (Lipinski definition) is 5. The maximum atomic E-state index is 13.3. The molecule has 45 heavy (non-hydrogen) atoms. The van der Waals surface area contributed by atoms with Gasteiger partial charge in [0.15, 0.2) is 0 Å². The molecular weight excluding hydrogens is 718 g/mol. The molecule has 238 valence electrons. The fourth-order valence-corrected chi connectivity index (χ4v) is 6.59. The summed E-state index contributed by atoms with van der Waals surface area (Å²) in [5.74, 6) is -0.993. The zero-order valence-corrected chi connectivity index (χ0v) is 27.5. The summed E-state index contributed by atoms with van der Waals surface area (Å²) in [6.45, 7) is 5.26. The molecule has 0 radical (unpaired) electrons. The van der Waals surface area contributed by atoms with Gasteiger partial charge in [-0.1, -0.05) is 36.2 Å². The summed E-state index contributed by atoms with van der Waals surface area (Å²) in [4.78, 5) is 31.4. The van der Waals surface area contributed by atoms with Gasteiger partial charge in [0.25, 0.3) is 11.8 Å². The quantitative estimate of drug-likeness (QED) is 0.143. The summed E-state index contributed by atoms with van der Waals surface area (Å²) in [6, 6.07) is 16.5. The number of halogens is 5. The molecule has 0 saturated carbocycles. The molecule has 2 aliphatic heterocycles. The molecule has 2 heterocycles. The molecular formula is C33H34ClF3IN5O2. The lowest BCUT2D eigenvalue weighted by atomic mass is 9.99. The number of carbonyl (C=O) groups excluding carboxylic acids is 2. The van der Waals surface area contributed by atoms with Gasteiger partial charge in [-0.2, -0.15) is 18.3 Å². The van der Waals surface area contributed by atoms with E-state index in [1.54, 1.807) is 24.3 Å². The number of likely N-dealkylation sites (tertiary alicyclic amines) is 2. The predicted molar refractivity (Wildman–Crippen MR) is 179 cm³/mol. The number of benzene rings is 3. The molecule has 0 aliphatic carbocycles. The topological polar surface area (TPSA) is 77.0 Å². The Labute approximate surface area is 279 Å². The van der Waals surface area contributed by atoms with Crippen LogP contribution in [-0.2, 0) is 12.7 Å². The van der Waals surface area contributed by atoms with Crippen LogP contribution >= 0.6 is 34.2 Å². The third-order valence-corrected chi connectivity index (χ3v) is 9.21. The maximum absolute atomic E-state index is 13.3. The van der Waals surface area contributed by atoms with Crippen molar-refractivity contribution >= 4 is 57.9 Å². The Bertz CT molecular complexity index is 1550. The van der Waals surface area contributed by atoms with Gasteiger partial charge < -0.3 is 10.2 Å². The van der Waals surface area contributed by atoms with Crippen LogP contribution in [0.3, 0.4) is 0 Å². The van der Waals surface area contributed by atoms with E-state index in [-0.39, 0.29) is 22.7 Å². The van der Waals surface area contributed by atoms with Crippen LogP contribution in [0.1, 0.15) is 69.5 Å². The number of rotatable bonds is 8. The summed E-state index contributed by atoms with van der Waals surface area (Å²) in [6.07, 6.45) is 2.74. The maximum Gasteiger partial charge on any atom is 0.417 e. The molecule has 0 unspecified atom stereocenters. The molecule has 3 aromatic carbocycles. The van der Waals surface area contributed by atoms with Gasteiger partial charge in [0.2, 0.25) is 0 Å². The zero-order chi connectivity index (χ0) is 32.0. The largest absolute Gasteiger partial charge is 0.417 e. The van der Waals surface area contributed by atoms with Crippen molar-refractivity contribution in [3.63, 3.8) is 0 Å². The van der Waals surface area contributed by atoms with Crippen molar-refractivity contribution in [1.82, 2.24) is 15.2 Å². The fourth-order valence-electron chi connectivity index (χ4n) is 5.87. The van der Waals surface area contributed by atoms with Gasteiger partial charge in [0.1, 0.15) is 0 Å². The van der Waals surface area contributed by atoms with Crippen molar-refractivity contribution in [1.29, 1.82) is 0 Å². The Balaban J connectivity index is 1.20. The molecule has 0 spiro atoms. The molecule has 2 aliphatic rings. The lowest BCUT2D eigenvalue weighted by Crippen LogP contribution is -2.46. The van der Waals surface area contributed by atoms with Crippen LogP contribution in [0.2, 0.25) is 5.02 Å². The highest BCUT2D eigenvalue weighted by atomic mass is 127. The number of alkyl halides is 3. The minimum absolute atomic E-state index is 0.106. The van der Waals surface area contributed by atoms with Gasteiger partial charge in [0, 0.05) is 21.7 Å². The first-order valence-corrected chi connectivity index (χ1v) is 16.4. The molecule has 2 amide bonds. The first-order valence-electron chi connectivity index (χ1n) is 14.9. The van der Waals surface area contributed by atoms with E-state index in [9.17, 15) is 22.8 Å². The number of anilines is 1. The summed E-state index contributed by atoms with van der Waals surface area (Å²) < 4.78 is 40.3. The van der Waals surface area contributed by atoms with Gasteiger partial charge >= 0.3 is 6.18 Å². The van der Waals surface area contributed by atoms with E-state index in [1.807, 2.05) is 40.8 Å². The number of amides is 2. The first-order chi connectivity index (χ1) is 21.6. The number of hydrogen-bond donors (Lipinski definition) is 2. The van der Waals surface area contributed by atoms with Gasteiger partial charge in [-0.05, 0) is 128 Å². The predicted octanol–water partition coefficient (Wildman–Crippen LogP) is 7.43. The molecule has 2 fully saturated rings. The summed E-state index contributed by atoms with van der Waals surface area (Å²) in [7, 11) is 0. The SMILES string of the molecule is O=C(Nc1ccc(I)cc1C(=O)N/N=C/c1ccc(Cl)c(C(F)(F)F)c1)c1cccc(CN2CCC(N3CCCCC3)CC2)c1. The van der Waals surface area contributed by atoms with E-state index in [2.05, 4.69) is 25.6 Å². The van der Waals surface area contributed by atoms with E-state index in [1.165, 1.54) is 38.4 Å². The molecule has 2 N–H and O–H groups in total. The van der Waals surface area contributed by atoms with Crippen molar-refractivity contribution in [3.8, 4) is 0 Å². The molecule has 2 saturated heterocycles. The zero-order valence-electron chi connectivity index (χ0n) is 24.5. The van der Waals surface area contributed by atoms with Crippen LogP contribution in [0.4, 0.5) is 18.9 Å². The van der Waals surface area contributed by atoms with Crippen LogP contribution in [-0.4, -0.2) is 60.0 Å². The molecule has 0 atom stereocenters. The second kappa shape index (κ2) is 15.1. The smallest absolute Gasteiger partial charge is 0.321 e. The lowest BCUT2D eigenvalue weighted by Gasteiger charge is -2.40. The van der Waals surface area contributed by atoms with Gasteiger partial charge in [-0.25, -0.2) is 5.43 Å². The van der Waals surface area contributed by atoms with Crippen LogP contribution in [0, 0.1) is 3.57 Å². The minimum Gasteiger partial charge on any atom is -0.321 e. The second-order valence-electron chi connectivity index (χ2n) is 11.4. The first kappa shape index (κ1) is 33.4. The number of nitrogens with one attached hydrogen (secondary N) is 2. The molecule has 12 heteroatoms. The lowest BCUT2D eigenvalue weighted by molar-refractivity contribution is -0.137. The van der Waals surface area contributed by atoms with Crippen LogP contribution in [0.5, 0.6) is 0 Å². The summed E-state index contributed by atoms with van der Waals surface area (Å²) >= 11 is 7.72. The summed E-state index contributed by atoms with van der Waals surface area (Å²) in [5.41, 5.74) is 3.40. The highest BCUT2D eigenvalue weighted by Crippen LogP contribution is 2.35. The highest BCUT2D eigenvalue weighted by molar-refractivity contribution is 14.1. The normalized spacial score (nSPS) is 17.0. The Morgan fingerprint density at radius 1 is 0.956 bits per heavy atom. The van der Waals surface area contributed by atoms with E-state index in [0.717, 1.165) is 60.0 Å². The number of piperidine rings is 2. The molecule has 3 aromatic rings. The standard InChI is InChI=1S/C33H34ClF3IN5O2/c34-29-9-7-22(18-28(29)33(35,36)37)20-39-41-32(45)27-19-25(38)8-10-30(27)40-31(44)24-6-4-5-23(17-24)21-42-15-11-26(12-16-42)43-13-2-1-3-14-43/h4-10,17-20,26H,1-3,11-16,21H2,(H,40,44)(H,41,45)/b39-20+. The van der Waals surface area contributed by atoms with E-state index >= 15 is 0 Å². The Kier molecular flexibility index (Phi) is 11.2. The van der Waals surface area contributed by atoms with Crippen LogP contribution in [0.25, 0.3) is 0 Å². The monoisotopic (exact) mass is 751 g/mol. The molecule has 0 aromatic heterocycles. The second-order valence-corrected chi connectivity index (χ2v) is 13.0. The highest BCUT2D eigenvalue weighted by Gasteiger charge is 2.33. The average molecular weight is 752 g/mol. The number of nitrogens with zero attached hydrogens (tertiary/aromatic N) is 3. The minimum atomic E-state index is -4.62. The van der Waals surface area contributed by atoms with Gasteiger partial charge in [0.05, 0.1) is 28.1 Å². The van der Waals surface area contributed by atoms with Crippen molar-refractivity contribution in [2.24, 2.45) is 5.10 Å². The summed E-state index contributed by atoms with van der Waals surface area (Å²) in [5, 5.41) is 6.22. The molecule has 0 bridgehead atoms. The van der Waals surface area contributed by atoms with E-state index < -0.39 is 22.7 Å². The van der Waals surface area contributed by atoms with Crippen LogP contribution < -0.4 is 10.7 Å². The Hall–Kier alpha value is -3.00. The van der Waals surface area contributed by atoms with Crippen molar-refractivity contribution in [2.45, 2.75) is 50.9 Å². The van der Waals surface area contributed by atoms with E-state index in [4.69, 9.17) is 11.6 Å². The van der Waals surface area contributed by atoms with E-state index in [0.29, 0.717) is 11.6 Å². The average Bonchev–Trinajstić information content (AvgIpc) is 3.03. The van der Waals surface area contributed by atoms with Gasteiger partial charge in [-0.3, -0.25) is 14.5 Å². The van der Waals surface area contributed by atoms with Gasteiger partial charge in [-0.15, -0.1) is 0 Å². The number of carbonyl (C=O) groups is 2. The fraction of sp³-hybridized carbons (Fsp3) is 0.364. The number of hydrazone groups is 1. The third kappa shape index (κ3) is 9.05. The third-order valence-electron chi connectivity index (χ3n) is 8.21. The Morgan fingerprint density at radius 3 is 2.44 bits per heavy atom. The molecule has 7 nitrogen and oxygen atoms in total. The van der Waals surface area contributed by atoms with Crippen molar-refractivity contribution in [2.75, 3.05) is 31.5 Å². The molecule has 5 rings (SSSR count). The van der Waals surface area contributed by atoms with Crippen LogP contribution in [0.15, 0.2) is 65.8 Å². The van der Waals surface area contributed by atoms with Crippen molar-refractivity contribution < 1.29 is 22.8 Å². The van der Waals surface area contributed by atoms with Crippen molar-refractivity contribution in [3.05, 3.63) is 97.1 Å². The Morgan fingerprint density at radius 2 is 1.71 bits per heavy atom.